The zero-order valence-corrected chi connectivity index (χ0v) is 18.7. The van der Waals surface area contributed by atoms with Gasteiger partial charge in [-0.2, -0.15) is 0 Å². The molecule has 11 heteroatoms. The summed E-state index contributed by atoms with van der Waals surface area (Å²) in [6, 6.07) is 10.1. The molecule has 178 valence electrons. The summed E-state index contributed by atoms with van der Waals surface area (Å²) in [5, 5.41) is 37.1. The number of carbonyl (C=O) groups is 1. The molecule has 0 aliphatic carbocycles. The molecule has 0 aliphatic heterocycles. The van der Waals surface area contributed by atoms with Crippen molar-refractivity contribution < 1.29 is 24.5 Å². The van der Waals surface area contributed by atoms with Gasteiger partial charge in [-0.15, -0.1) is 0 Å². The lowest BCUT2D eigenvalue weighted by Crippen LogP contribution is -2.41. The highest BCUT2D eigenvalue weighted by atomic mass is 16.6. The molecule has 2 aromatic carbocycles. The molecular weight excluding hydrogens is 432 g/mol. The minimum absolute atomic E-state index is 0.128. The van der Waals surface area contributed by atoms with Gasteiger partial charge in [-0.1, -0.05) is 12.1 Å². The maximum absolute atomic E-state index is 12.5. The zero-order valence-electron chi connectivity index (χ0n) is 18.7. The van der Waals surface area contributed by atoms with E-state index in [4.69, 9.17) is 4.74 Å². The lowest BCUT2D eigenvalue weighted by atomic mass is 9.93. The van der Waals surface area contributed by atoms with Gasteiger partial charge in [0.05, 0.1) is 34.0 Å². The van der Waals surface area contributed by atoms with E-state index in [1.807, 2.05) is 0 Å². The van der Waals surface area contributed by atoms with Crippen molar-refractivity contribution in [3.8, 4) is 5.75 Å². The predicted octanol–water partition coefficient (Wildman–Crippen LogP) is 3.41. The molecule has 0 saturated carbocycles. The largest absolute Gasteiger partial charge is 0.508 e. The molecule has 2 aromatic rings. The number of phenols is 1. The van der Waals surface area contributed by atoms with Crippen LogP contribution < -0.4 is 10.6 Å². The molecule has 0 aromatic heterocycles. The van der Waals surface area contributed by atoms with E-state index in [0.717, 1.165) is 11.6 Å². The quantitative estimate of drug-likeness (QED) is 0.321. The van der Waals surface area contributed by atoms with Crippen LogP contribution in [0.25, 0.3) is 0 Å². The standard InChI is InChI=1S/C22H28N4O7/c1-15(13-24-19-9-6-17(25(29)30)12-20(19)26(31)32)33-14-22(2,3)21(28)23-11-10-16-4-7-18(27)8-5-16/h4-9,12,15,24,27H,10-11,13-14H2,1-3H3,(H,23,28). The number of nitrogens with one attached hydrogen (secondary N) is 2. The van der Waals surface area contributed by atoms with Gasteiger partial charge < -0.3 is 20.5 Å². The fourth-order valence-corrected chi connectivity index (χ4v) is 2.89. The lowest BCUT2D eigenvalue weighted by Gasteiger charge is -2.26. The fourth-order valence-electron chi connectivity index (χ4n) is 2.89. The molecule has 1 atom stereocenters. The van der Waals surface area contributed by atoms with Crippen molar-refractivity contribution >= 4 is 23.0 Å². The number of amides is 1. The van der Waals surface area contributed by atoms with E-state index in [2.05, 4.69) is 10.6 Å². The number of non-ortho nitro benzene ring substituents is 1. The maximum atomic E-state index is 12.5. The summed E-state index contributed by atoms with van der Waals surface area (Å²) < 4.78 is 5.76. The number of benzene rings is 2. The third kappa shape index (κ3) is 7.72. The van der Waals surface area contributed by atoms with Gasteiger partial charge in [0.2, 0.25) is 5.91 Å². The summed E-state index contributed by atoms with van der Waals surface area (Å²) in [5.41, 5.74) is -0.434. The van der Waals surface area contributed by atoms with Crippen LogP contribution in [-0.2, 0) is 16.0 Å². The third-order valence-electron chi connectivity index (χ3n) is 4.95. The van der Waals surface area contributed by atoms with Crippen molar-refractivity contribution in [3.63, 3.8) is 0 Å². The van der Waals surface area contributed by atoms with Crippen molar-refractivity contribution in [1.82, 2.24) is 5.32 Å². The number of aromatic hydroxyl groups is 1. The van der Waals surface area contributed by atoms with Crippen molar-refractivity contribution in [2.75, 3.05) is 25.0 Å². The van der Waals surface area contributed by atoms with Gasteiger partial charge in [-0.05, 0) is 51.0 Å². The topological polar surface area (TPSA) is 157 Å². The van der Waals surface area contributed by atoms with Crippen molar-refractivity contribution in [2.24, 2.45) is 5.41 Å². The molecule has 0 spiro atoms. The van der Waals surface area contributed by atoms with Crippen LogP contribution in [0.3, 0.4) is 0 Å². The highest BCUT2D eigenvalue weighted by Gasteiger charge is 2.28. The van der Waals surface area contributed by atoms with Gasteiger partial charge in [0.1, 0.15) is 11.4 Å². The average Bonchev–Trinajstić information content (AvgIpc) is 2.77. The van der Waals surface area contributed by atoms with Gasteiger partial charge in [0, 0.05) is 19.2 Å². The molecular formula is C22H28N4O7. The Labute approximate surface area is 191 Å². The molecule has 0 aliphatic rings. The molecule has 0 fully saturated rings. The Morgan fingerprint density at radius 1 is 1.12 bits per heavy atom. The maximum Gasteiger partial charge on any atom is 0.299 e. The van der Waals surface area contributed by atoms with E-state index >= 15 is 0 Å². The molecule has 33 heavy (non-hydrogen) atoms. The van der Waals surface area contributed by atoms with Gasteiger partial charge in [-0.25, -0.2) is 0 Å². The first-order chi connectivity index (χ1) is 15.5. The second-order valence-corrected chi connectivity index (χ2v) is 8.27. The zero-order chi connectivity index (χ0) is 24.6. The molecule has 11 nitrogen and oxygen atoms in total. The summed E-state index contributed by atoms with van der Waals surface area (Å²) in [4.78, 5) is 33.2. The van der Waals surface area contributed by atoms with Crippen LogP contribution in [0.4, 0.5) is 17.1 Å². The number of nitro groups is 2. The number of carbonyl (C=O) groups excluding carboxylic acids is 1. The number of hydrogen-bond acceptors (Lipinski definition) is 8. The number of nitrogens with zero attached hydrogens (tertiary/aromatic N) is 2. The minimum Gasteiger partial charge on any atom is -0.508 e. The first-order valence-corrected chi connectivity index (χ1v) is 10.3. The molecule has 3 N–H and O–H groups in total. The van der Waals surface area contributed by atoms with Gasteiger partial charge >= 0.3 is 0 Å². The summed E-state index contributed by atoms with van der Waals surface area (Å²) in [7, 11) is 0. The van der Waals surface area contributed by atoms with Crippen LogP contribution in [0.5, 0.6) is 5.75 Å². The van der Waals surface area contributed by atoms with Gasteiger partial charge in [-0.3, -0.25) is 25.0 Å². The summed E-state index contributed by atoms with van der Waals surface area (Å²) in [5.74, 6) is 0.0142. The Bertz CT molecular complexity index is 993. The molecule has 1 amide bonds. The van der Waals surface area contributed by atoms with Crippen LogP contribution in [-0.4, -0.2) is 46.7 Å². The predicted molar refractivity (Wildman–Crippen MR) is 122 cm³/mol. The number of phenolic OH excluding ortho intramolecular Hbond substituents is 1. The molecule has 2 rings (SSSR count). The lowest BCUT2D eigenvalue weighted by molar-refractivity contribution is -0.393. The summed E-state index contributed by atoms with van der Waals surface area (Å²) in [6.07, 6.45) is 0.237. The first kappa shape index (κ1) is 25.5. The van der Waals surface area contributed by atoms with Crippen LogP contribution in [0.1, 0.15) is 26.3 Å². The van der Waals surface area contributed by atoms with E-state index < -0.39 is 20.9 Å². The second kappa shape index (κ2) is 11.2. The van der Waals surface area contributed by atoms with Crippen molar-refractivity contribution in [2.45, 2.75) is 33.3 Å². The minimum atomic E-state index is -0.803. The highest BCUT2D eigenvalue weighted by molar-refractivity contribution is 5.81. The van der Waals surface area contributed by atoms with Crippen molar-refractivity contribution in [3.05, 3.63) is 68.3 Å². The van der Waals surface area contributed by atoms with Gasteiger partial charge in [0.25, 0.3) is 11.4 Å². The van der Waals surface area contributed by atoms with Crippen LogP contribution in [0, 0.1) is 25.6 Å². The first-order valence-electron chi connectivity index (χ1n) is 10.3. The smallest absolute Gasteiger partial charge is 0.299 e. The molecule has 0 radical (unpaired) electrons. The molecule has 1 unspecified atom stereocenters. The SMILES string of the molecule is CC(CNc1ccc([N+](=O)[O-])cc1[N+](=O)[O-])OCC(C)(C)C(=O)NCCc1ccc(O)cc1. The summed E-state index contributed by atoms with van der Waals surface area (Å²) in [6.45, 7) is 6.03. The highest BCUT2D eigenvalue weighted by Crippen LogP contribution is 2.29. The van der Waals surface area contributed by atoms with E-state index in [1.165, 1.54) is 12.1 Å². The normalized spacial score (nSPS) is 12.1. The van der Waals surface area contributed by atoms with Gasteiger partial charge in [0.15, 0.2) is 0 Å². The van der Waals surface area contributed by atoms with Crippen LogP contribution in [0.2, 0.25) is 0 Å². The molecule has 0 saturated heterocycles. The fraction of sp³-hybridized carbons (Fsp3) is 0.409. The van der Waals surface area contributed by atoms with Crippen LogP contribution >= 0.6 is 0 Å². The van der Waals surface area contributed by atoms with Crippen molar-refractivity contribution in [1.29, 1.82) is 0 Å². The van der Waals surface area contributed by atoms with Crippen LogP contribution in [0.15, 0.2) is 42.5 Å². The second-order valence-electron chi connectivity index (χ2n) is 8.27. The Morgan fingerprint density at radius 2 is 1.79 bits per heavy atom. The molecule has 0 heterocycles. The number of ether oxygens (including phenoxy) is 1. The number of hydrogen-bond donors (Lipinski definition) is 3. The Morgan fingerprint density at radius 3 is 2.39 bits per heavy atom. The van der Waals surface area contributed by atoms with E-state index in [1.54, 1.807) is 45.0 Å². The Balaban J connectivity index is 1.82. The number of nitro benzene ring substituents is 2. The Kier molecular flexibility index (Phi) is 8.69. The monoisotopic (exact) mass is 460 g/mol. The number of anilines is 1. The van der Waals surface area contributed by atoms with E-state index in [9.17, 15) is 30.1 Å². The average molecular weight is 460 g/mol. The van der Waals surface area contributed by atoms with E-state index in [-0.39, 0.29) is 42.3 Å². The third-order valence-corrected chi connectivity index (χ3v) is 4.95. The summed E-state index contributed by atoms with van der Waals surface area (Å²) >= 11 is 0. The molecule has 0 bridgehead atoms. The Hall–Kier alpha value is -3.73. The van der Waals surface area contributed by atoms with E-state index in [0.29, 0.717) is 13.0 Å². The number of rotatable bonds is 12.